The molecule has 0 aromatic rings. The number of nitrogens with one attached hydrogen (secondary N) is 1. The fourth-order valence-electron chi connectivity index (χ4n) is 1.05. The first kappa shape index (κ1) is 10.8. The van der Waals surface area contributed by atoms with Crippen LogP contribution in [0.25, 0.3) is 0 Å². The molecular weight excluding hydrogens is 145 g/mol. The van der Waals surface area contributed by atoms with Crippen molar-refractivity contribution in [2.24, 2.45) is 0 Å². The van der Waals surface area contributed by atoms with Crippen molar-refractivity contribution in [1.29, 1.82) is 0 Å². The second-order valence-electron chi connectivity index (χ2n) is 3.11. The molecule has 0 saturated carbocycles. The second kappa shape index (κ2) is 5.49. The molecule has 11 heavy (non-hydrogen) atoms. The zero-order valence-electron chi connectivity index (χ0n) is 7.36. The predicted octanol–water partition coefficient (Wildman–Crippen LogP) is 1.10. The van der Waals surface area contributed by atoms with E-state index in [0.29, 0.717) is 13.1 Å². The molecule has 0 aromatic carbocycles. The molecule has 2 nitrogen and oxygen atoms in total. The Bertz CT molecular complexity index is 96.1. The lowest BCUT2D eigenvalue weighted by Gasteiger charge is -2.22. The van der Waals surface area contributed by atoms with Gasteiger partial charge in [0.05, 0.1) is 5.60 Å². The molecule has 0 rings (SSSR count). The summed E-state index contributed by atoms with van der Waals surface area (Å²) in [5.41, 5.74) is -0.677. The highest BCUT2D eigenvalue weighted by Crippen LogP contribution is 2.09. The van der Waals surface area contributed by atoms with Crippen molar-refractivity contribution in [3.63, 3.8) is 0 Å². The molecule has 0 aromatic heterocycles. The first-order valence-electron chi connectivity index (χ1n) is 4.11. The van der Waals surface area contributed by atoms with Crippen LogP contribution in [-0.4, -0.2) is 30.5 Å². The van der Waals surface area contributed by atoms with Crippen molar-refractivity contribution in [2.75, 3.05) is 19.8 Å². The number of aliphatic hydroxyl groups is 1. The van der Waals surface area contributed by atoms with Gasteiger partial charge in [0.1, 0.15) is 6.67 Å². The molecule has 0 aliphatic carbocycles. The average molecular weight is 163 g/mol. The maximum atomic E-state index is 11.6. The summed E-state index contributed by atoms with van der Waals surface area (Å²) in [5, 5.41) is 12.4. The van der Waals surface area contributed by atoms with Gasteiger partial charge in [-0.1, -0.05) is 13.3 Å². The predicted molar refractivity (Wildman–Crippen MR) is 44.4 cm³/mol. The molecule has 0 saturated heterocycles. The zero-order valence-corrected chi connectivity index (χ0v) is 7.36. The van der Waals surface area contributed by atoms with E-state index >= 15 is 0 Å². The van der Waals surface area contributed by atoms with Crippen molar-refractivity contribution in [2.45, 2.75) is 32.3 Å². The summed E-state index contributed by atoms with van der Waals surface area (Å²) >= 11 is 0. The second-order valence-corrected chi connectivity index (χ2v) is 3.11. The number of rotatable bonds is 6. The van der Waals surface area contributed by atoms with Crippen molar-refractivity contribution in [3.05, 3.63) is 0 Å². The Balaban J connectivity index is 3.38. The number of alkyl halides is 1. The maximum Gasteiger partial charge on any atom is 0.102 e. The summed E-state index contributed by atoms with van der Waals surface area (Å²) in [6.07, 6.45) is 1.70. The Morgan fingerprint density at radius 2 is 2.18 bits per heavy atom. The van der Waals surface area contributed by atoms with Crippen LogP contribution >= 0.6 is 0 Å². The van der Waals surface area contributed by atoms with Crippen LogP contribution in [0, 0.1) is 0 Å². The Morgan fingerprint density at radius 1 is 1.55 bits per heavy atom. The van der Waals surface area contributed by atoms with E-state index in [1.165, 1.54) is 0 Å². The molecule has 0 aliphatic heterocycles. The Labute approximate surface area is 67.8 Å². The summed E-state index contributed by atoms with van der Waals surface area (Å²) in [4.78, 5) is 0. The molecule has 2 N–H and O–H groups in total. The lowest BCUT2D eigenvalue weighted by Crippen LogP contribution is -2.38. The van der Waals surface area contributed by atoms with E-state index < -0.39 is 5.60 Å². The van der Waals surface area contributed by atoms with E-state index in [4.69, 9.17) is 0 Å². The third-order valence-electron chi connectivity index (χ3n) is 1.57. The molecule has 1 atom stereocenters. The minimum Gasteiger partial charge on any atom is -0.389 e. The van der Waals surface area contributed by atoms with Crippen LogP contribution < -0.4 is 5.32 Å². The minimum atomic E-state index is -0.677. The molecule has 3 heteroatoms. The van der Waals surface area contributed by atoms with E-state index in [1.807, 2.05) is 6.92 Å². The summed E-state index contributed by atoms with van der Waals surface area (Å²) in [6, 6.07) is 0. The van der Waals surface area contributed by atoms with Gasteiger partial charge in [-0.25, -0.2) is 4.39 Å². The molecule has 1 unspecified atom stereocenters. The van der Waals surface area contributed by atoms with E-state index in [-0.39, 0.29) is 6.67 Å². The van der Waals surface area contributed by atoms with Crippen molar-refractivity contribution < 1.29 is 9.50 Å². The fourth-order valence-corrected chi connectivity index (χ4v) is 1.05. The Kier molecular flexibility index (Phi) is 5.42. The van der Waals surface area contributed by atoms with E-state index in [2.05, 4.69) is 5.32 Å². The van der Waals surface area contributed by atoms with Crippen molar-refractivity contribution in [1.82, 2.24) is 5.32 Å². The highest BCUT2D eigenvalue weighted by Gasteiger charge is 2.17. The molecule has 0 aliphatic rings. The number of halogens is 1. The molecule has 0 spiro atoms. The summed E-state index contributed by atoms with van der Waals surface area (Å²) in [6.45, 7) is 4.22. The van der Waals surface area contributed by atoms with Gasteiger partial charge in [0.15, 0.2) is 0 Å². The highest BCUT2D eigenvalue weighted by molar-refractivity contribution is 4.74. The van der Waals surface area contributed by atoms with Gasteiger partial charge in [-0.3, -0.25) is 0 Å². The van der Waals surface area contributed by atoms with Gasteiger partial charge in [0.25, 0.3) is 0 Å². The third kappa shape index (κ3) is 6.26. The van der Waals surface area contributed by atoms with Crippen LogP contribution in [0.4, 0.5) is 4.39 Å². The fraction of sp³-hybridized carbons (Fsp3) is 1.00. The van der Waals surface area contributed by atoms with Gasteiger partial charge in [-0.15, -0.1) is 0 Å². The van der Waals surface area contributed by atoms with Crippen LogP contribution in [0.5, 0.6) is 0 Å². The van der Waals surface area contributed by atoms with Gasteiger partial charge < -0.3 is 10.4 Å². The standard InChI is InChI=1S/C8H18FNO/c1-3-4-8(2,11)7-10-6-5-9/h10-11H,3-7H2,1-2H3. The third-order valence-corrected chi connectivity index (χ3v) is 1.57. The van der Waals surface area contributed by atoms with Gasteiger partial charge in [0, 0.05) is 13.1 Å². The molecule has 0 fully saturated rings. The van der Waals surface area contributed by atoms with E-state index in [1.54, 1.807) is 6.92 Å². The van der Waals surface area contributed by atoms with Gasteiger partial charge >= 0.3 is 0 Å². The highest BCUT2D eigenvalue weighted by atomic mass is 19.1. The van der Waals surface area contributed by atoms with Crippen LogP contribution in [0.1, 0.15) is 26.7 Å². The minimum absolute atomic E-state index is 0.333. The molecular formula is C8H18FNO. The van der Waals surface area contributed by atoms with Gasteiger partial charge in [0.2, 0.25) is 0 Å². The zero-order chi connectivity index (χ0) is 8.74. The first-order valence-corrected chi connectivity index (χ1v) is 4.11. The Morgan fingerprint density at radius 3 is 2.64 bits per heavy atom. The van der Waals surface area contributed by atoms with Crippen LogP contribution in [0.2, 0.25) is 0 Å². The molecule has 0 bridgehead atoms. The van der Waals surface area contributed by atoms with Crippen LogP contribution in [0.15, 0.2) is 0 Å². The summed E-state index contributed by atoms with van der Waals surface area (Å²) in [5.74, 6) is 0. The first-order chi connectivity index (χ1) is 5.12. The normalized spacial score (nSPS) is 16.4. The number of hydrogen-bond donors (Lipinski definition) is 2. The average Bonchev–Trinajstić information content (AvgIpc) is 1.87. The van der Waals surface area contributed by atoms with Gasteiger partial charge in [-0.2, -0.15) is 0 Å². The molecule has 0 heterocycles. The topological polar surface area (TPSA) is 32.3 Å². The monoisotopic (exact) mass is 163 g/mol. The Hall–Kier alpha value is -0.150. The van der Waals surface area contributed by atoms with Crippen molar-refractivity contribution in [3.8, 4) is 0 Å². The summed E-state index contributed by atoms with van der Waals surface area (Å²) < 4.78 is 11.6. The number of hydrogen-bond acceptors (Lipinski definition) is 2. The lowest BCUT2D eigenvalue weighted by atomic mass is 10.0. The molecule has 0 radical (unpaired) electrons. The smallest absolute Gasteiger partial charge is 0.102 e. The largest absolute Gasteiger partial charge is 0.389 e. The van der Waals surface area contributed by atoms with E-state index in [9.17, 15) is 9.50 Å². The lowest BCUT2D eigenvalue weighted by molar-refractivity contribution is 0.0499. The maximum absolute atomic E-state index is 11.6. The van der Waals surface area contributed by atoms with Crippen LogP contribution in [0.3, 0.4) is 0 Å². The molecule has 0 amide bonds. The van der Waals surface area contributed by atoms with Gasteiger partial charge in [-0.05, 0) is 13.3 Å². The SMILES string of the molecule is CCCC(C)(O)CNCCF. The van der Waals surface area contributed by atoms with Crippen molar-refractivity contribution >= 4 is 0 Å². The van der Waals surface area contributed by atoms with Crippen LogP contribution in [-0.2, 0) is 0 Å². The van der Waals surface area contributed by atoms with E-state index in [0.717, 1.165) is 12.8 Å². The molecule has 68 valence electrons. The summed E-state index contributed by atoms with van der Waals surface area (Å²) in [7, 11) is 0. The quantitative estimate of drug-likeness (QED) is 0.575.